The van der Waals surface area contributed by atoms with E-state index < -0.39 is 5.97 Å². The molecule has 2 saturated carbocycles. The summed E-state index contributed by atoms with van der Waals surface area (Å²) in [5.74, 6) is 0.303. The van der Waals surface area contributed by atoms with Crippen molar-refractivity contribution in [3.63, 3.8) is 0 Å². The van der Waals surface area contributed by atoms with Gasteiger partial charge in [-0.3, -0.25) is 14.8 Å². The maximum Gasteiger partial charge on any atom is 0.309 e. The molecule has 2 aliphatic rings. The molecule has 4 rings (SSSR count). The average Bonchev–Trinajstić information content (AvgIpc) is 3.36. The highest BCUT2D eigenvalue weighted by Crippen LogP contribution is 2.57. The van der Waals surface area contributed by atoms with Crippen LogP contribution in [-0.2, 0) is 4.79 Å². The Hall–Kier alpha value is -1.97. The number of hydrogen-bond donors (Lipinski definition) is 1. The first-order valence-corrected chi connectivity index (χ1v) is 8.13. The van der Waals surface area contributed by atoms with Crippen molar-refractivity contribution < 1.29 is 9.90 Å². The van der Waals surface area contributed by atoms with E-state index in [2.05, 4.69) is 16.0 Å². The van der Waals surface area contributed by atoms with Crippen molar-refractivity contribution in [2.45, 2.75) is 44.4 Å². The monoisotopic (exact) mass is 296 g/mol. The number of rotatable bonds is 3. The van der Waals surface area contributed by atoms with E-state index in [9.17, 15) is 9.90 Å². The van der Waals surface area contributed by atoms with Gasteiger partial charge in [-0.25, -0.2) is 0 Å². The minimum Gasteiger partial charge on any atom is -0.481 e. The molecule has 0 aliphatic heterocycles. The number of hydrogen-bond acceptors (Lipinski definition) is 3. The van der Waals surface area contributed by atoms with Gasteiger partial charge in [0.25, 0.3) is 0 Å². The smallest absolute Gasteiger partial charge is 0.309 e. The van der Waals surface area contributed by atoms with Crippen LogP contribution in [0, 0.1) is 11.3 Å². The molecule has 2 aromatic heterocycles. The van der Waals surface area contributed by atoms with Crippen LogP contribution in [0.2, 0.25) is 0 Å². The van der Waals surface area contributed by atoms with Crippen LogP contribution in [0.3, 0.4) is 0 Å². The van der Waals surface area contributed by atoms with Crippen molar-refractivity contribution in [3.8, 4) is 0 Å². The summed E-state index contributed by atoms with van der Waals surface area (Å²) in [6.07, 6.45) is 11.5. The quantitative estimate of drug-likeness (QED) is 0.936. The van der Waals surface area contributed by atoms with E-state index in [0.717, 1.165) is 49.4 Å². The molecule has 0 atom stereocenters. The summed E-state index contributed by atoms with van der Waals surface area (Å²) in [4.78, 5) is 20.1. The van der Waals surface area contributed by atoms with Gasteiger partial charge in [-0.15, -0.1) is 0 Å². The molecular formula is C18H20N2O2. The second-order valence-corrected chi connectivity index (χ2v) is 6.80. The van der Waals surface area contributed by atoms with E-state index in [-0.39, 0.29) is 5.41 Å². The fraction of sp³-hybridized carbons (Fsp3) is 0.500. The van der Waals surface area contributed by atoms with Crippen molar-refractivity contribution in [2.24, 2.45) is 11.3 Å². The lowest BCUT2D eigenvalue weighted by atomic mass is 9.72. The minimum absolute atomic E-state index is 0.368. The third-order valence-corrected chi connectivity index (χ3v) is 5.74. The Labute approximate surface area is 129 Å². The van der Waals surface area contributed by atoms with Gasteiger partial charge in [0.05, 0.1) is 10.9 Å². The lowest BCUT2D eigenvalue weighted by molar-refractivity contribution is -0.146. The summed E-state index contributed by atoms with van der Waals surface area (Å²) in [6.45, 7) is 0. The lowest BCUT2D eigenvalue weighted by Crippen LogP contribution is -2.28. The van der Waals surface area contributed by atoms with Crippen LogP contribution in [0.4, 0.5) is 0 Å². The Morgan fingerprint density at radius 1 is 1.14 bits per heavy atom. The molecule has 22 heavy (non-hydrogen) atoms. The number of carbonyl (C=O) groups is 1. The number of nitrogens with zero attached hydrogens (tertiary/aromatic N) is 2. The molecule has 2 fully saturated rings. The molecule has 4 heteroatoms. The zero-order chi connectivity index (χ0) is 15.2. The summed E-state index contributed by atoms with van der Waals surface area (Å²) >= 11 is 0. The van der Waals surface area contributed by atoms with Crippen LogP contribution in [-0.4, -0.2) is 21.0 Å². The van der Waals surface area contributed by atoms with E-state index in [4.69, 9.17) is 0 Å². The zero-order valence-electron chi connectivity index (χ0n) is 12.5. The normalized spacial score (nSPS) is 26.7. The molecule has 0 saturated heterocycles. The molecule has 1 N–H and O–H groups in total. The van der Waals surface area contributed by atoms with Crippen LogP contribution in [0.5, 0.6) is 0 Å². The summed E-state index contributed by atoms with van der Waals surface area (Å²) in [5, 5.41) is 10.6. The van der Waals surface area contributed by atoms with Crippen LogP contribution in [0.15, 0.2) is 30.7 Å². The second-order valence-electron chi connectivity index (χ2n) is 6.80. The van der Waals surface area contributed by atoms with Gasteiger partial charge in [0.15, 0.2) is 0 Å². The summed E-state index contributed by atoms with van der Waals surface area (Å²) in [6, 6.07) is 4.06. The van der Waals surface area contributed by atoms with Gasteiger partial charge in [-0.05, 0) is 68.1 Å². The van der Waals surface area contributed by atoms with Gasteiger partial charge in [0, 0.05) is 24.0 Å². The molecular weight excluding hydrogens is 276 g/mol. The first-order chi connectivity index (χ1) is 10.7. The number of aliphatic carboxylic acids is 1. The molecule has 2 aliphatic carbocycles. The highest BCUT2D eigenvalue weighted by atomic mass is 16.4. The largest absolute Gasteiger partial charge is 0.481 e. The SMILES string of the molecule is O=C(O)C1([C@H]2CC[C@@H](c3ccnc4ccncc43)CC2)CC1. The molecule has 0 spiro atoms. The van der Waals surface area contributed by atoms with E-state index in [0.29, 0.717) is 11.8 Å². The van der Waals surface area contributed by atoms with Gasteiger partial charge in [0.2, 0.25) is 0 Å². The number of carboxylic acids is 1. The molecule has 2 aromatic rings. The Bertz CT molecular complexity index is 711. The molecule has 0 aromatic carbocycles. The van der Waals surface area contributed by atoms with Crippen LogP contribution < -0.4 is 0 Å². The third kappa shape index (κ3) is 2.09. The predicted molar refractivity (Wildman–Crippen MR) is 83.5 cm³/mol. The Balaban J connectivity index is 1.55. The van der Waals surface area contributed by atoms with E-state index in [1.54, 1.807) is 6.20 Å². The topological polar surface area (TPSA) is 63.1 Å². The molecule has 0 amide bonds. The average molecular weight is 296 g/mol. The van der Waals surface area contributed by atoms with Gasteiger partial charge in [-0.1, -0.05) is 0 Å². The molecule has 0 bridgehead atoms. The molecule has 0 unspecified atom stereocenters. The lowest BCUT2D eigenvalue weighted by Gasteiger charge is -2.32. The standard InChI is InChI=1S/C18H20N2O2/c21-17(22)18(7-8-18)13-3-1-12(2-4-13)14-5-10-20-16-6-9-19-11-15(14)16/h5-6,9-13H,1-4,7-8H2,(H,21,22)/t12-,13+. The summed E-state index contributed by atoms with van der Waals surface area (Å²) in [7, 11) is 0. The zero-order valence-corrected chi connectivity index (χ0v) is 12.5. The molecule has 2 heterocycles. The number of aromatic nitrogens is 2. The Kier molecular flexibility index (Phi) is 3.13. The number of carboxylic acid groups (broad SMARTS) is 1. The predicted octanol–water partition coefficient (Wildman–Crippen LogP) is 3.77. The number of fused-ring (bicyclic) bond motifs is 1. The molecule has 114 valence electrons. The van der Waals surface area contributed by atoms with Crippen LogP contribution >= 0.6 is 0 Å². The fourth-order valence-corrected chi connectivity index (χ4v) is 4.25. The van der Waals surface area contributed by atoms with Crippen molar-refractivity contribution in [1.82, 2.24) is 9.97 Å². The van der Waals surface area contributed by atoms with Crippen molar-refractivity contribution in [1.29, 1.82) is 0 Å². The summed E-state index contributed by atoms with van der Waals surface area (Å²) < 4.78 is 0. The van der Waals surface area contributed by atoms with Gasteiger partial charge in [-0.2, -0.15) is 0 Å². The van der Waals surface area contributed by atoms with Gasteiger partial charge >= 0.3 is 5.97 Å². The van der Waals surface area contributed by atoms with Gasteiger partial charge in [0.1, 0.15) is 0 Å². The Morgan fingerprint density at radius 2 is 1.91 bits per heavy atom. The second kappa shape index (κ2) is 5.04. The van der Waals surface area contributed by atoms with Crippen LogP contribution in [0.1, 0.15) is 50.0 Å². The van der Waals surface area contributed by atoms with Gasteiger partial charge < -0.3 is 5.11 Å². The number of pyridine rings is 2. The van der Waals surface area contributed by atoms with E-state index in [1.807, 2.05) is 18.5 Å². The molecule has 0 radical (unpaired) electrons. The molecule has 4 nitrogen and oxygen atoms in total. The maximum absolute atomic E-state index is 11.5. The first-order valence-electron chi connectivity index (χ1n) is 8.13. The highest BCUT2D eigenvalue weighted by molar-refractivity contribution is 5.81. The fourth-order valence-electron chi connectivity index (χ4n) is 4.25. The minimum atomic E-state index is -0.575. The summed E-state index contributed by atoms with van der Waals surface area (Å²) in [5.41, 5.74) is 1.95. The maximum atomic E-state index is 11.5. The third-order valence-electron chi connectivity index (χ3n) is 5.74. The van der Waals surface area contributed by atoms with Crippen molar-refractivity contribution in [3.05, 3.63) is 36.3 Å². The van der Waals surface area contributed by atoms with Crippen molar-refractivity contribution in [2.75, 3.05) is 0 Å². The van der Waals surface area contributed by atoms with E-state index in [1.165, 1.54) is 5.56 Å². The first kappa shape index (κ1) is 13.7. The van der Waals surface area contributed by atoms with Crippen molar-refractivity contribution >= 4 is 16.9 Å². The highest BCUT2D eigenvalue weighted by Gasteiger charge is 2.56. The van der Waals surface area contributed by atoms with E-state index >= 15 is 0 Å². The Morgan fingerprint density at radius 3 is 2.59 bits per heavy atom. The van der Waals surface area contributed by atoms with Crippen LogP contribution in [0.25, 0.3) is 10.9 Å².